The van der Waals surface area contributed by atoms with Crippen molar-refractivity contribution in [3.63, 3.8) is 0 Å². The minimum absolute atomic E-state index is 0.0743. The highest BCUT2D eigenvalue weighted by Gasteiger charge is 2.29. The van der Waals surface area contributed by atoms with Gasteiger partial charge >= 0.3 is 5.69 Å². The first-order valence-corrected chi connectivity index (χ1v) is 6.21. The van der Waals surface area contributed by atoms with E-state index in [4.69, 9.17) is 0 Å². The van der Waals surface area contributed by atoms with Crippen LogP contribution in [0.1, 0.15) is 52.8 Å². The van der Waals surface area contributed by atoms with Gasteiger partial charge in [0.05, 0.1) is 4.92 Å². The topological polar surface area (TPSA) is 73.0 Å². The van der Waals surface area contributed by atoms with E-state index in [0.717, 1.165) is 6.42 Å². The minimum atomic E-state index is -0.366. The molecule has 6 heteroatoms. The van der Waals surface area contributed by atoms with Crippen LogP contribution < -0.4 is 5.32 Å². The summed E-state index contributed by atoms with van der Waals surface area (Å²) in [7, 11) is 0. The van der Waals surface area contributed by atoms with Crippen LogP contribution in [-0.4, -0.2) is 20.2 Å². The lowest BCUT2D eigenvalue weighted by atomic mass is 10.0. The third-order valence-electron chi connectivity index (χ3n) is 3.07. The Bertz CT molecular complexity index is 449. The summed E-state index contributed by atoms with van der Waals surface area (Å²) in [4.78, 5) is 10.8. The second-order valence-corrected chi connectivity index (χ2v) is 5.44. The summed E-state index contributed by atoms with van der Waals surface area (Å²) in [6.07, 6.45) is 0.868. The van der Waals surface area contributed by atoms with Gasteiger partial charge in [-0.05, 0) is 41.0 Å². The van der Waals surface area contributed by atoms with E-state index >= 15 is 0 Å². The molecule has 0 radical (unpaired) electrons. The van der Waals surface area contributed by atoms with Crippen molar-refractivity contribution in [2.45, 2.75) is 59.5 Å². The smallest absolute Gasteiger partial charge is 0.333 e. The number of hydrogen-bond acceptors (Lipinski definition) is 4. The van der Waals surface area contributed by atoms with Crippen LogP contribution in [0.5, 0.6) is 0 Å². The summed E-state index contributed by atoms with van der Waals surface area (Å²) in [5, 5.41) is 18.7. The average Bonchev–Trinajstić information content (AvgIpc) is 2.54. The van der Waals surface area contributed by atoms with E-state index in [1.165, 1.54) is 0 Å². The molecule has 0 aromatic carbocycles. The standard InChI is InChI=1S/C12H22N4O2/c1-7-12(5,6)13-11-10(16(17)18)9(4)14-15(11)8(2)3/h8,13H,7H2,1-6H3. The molecular weight excluding hydrogens is 232 g/mol. The molecular formula is C12H22N4O2. The maximum atomic E-state index is 11.2. The van der Waals surface area contributed by atoms with Gasteiger partial charge in [0, 0.05) is 11.6 Å². The van der Waals surface area contributed by atoms with Gasteiger partial charge in [-0.15, -0.1) is 0 Å². The fourth-order valence-electron chi connectivity index (χ4n) is 1.66. The molecule has 0 atom stereocenters. The van der Waals surface area contributed by atoms with E-state index in [9.17, 15) is 10.1 Å². The molecule has 0 aliphatic heterocycles. The molecule has 0 saturated heterocycles. The van der Waals surface area contributed by atoms with Gasteiger partial charge in [0.2, 0.25) is 5.82 Å². The minimum Gasteiger partial charge on any atom is -0.360 e. The fourth-order valence-corrected chi connectivity index (χ4v) is 1.66. The molecule has 0 unspecified atom stereocenters. The van der Waals surface area contributed by atoms with E-state index in [1.807, 2.05) is 34.6 Å². The molecule has 0 spiro atoms. The highest BCUT2D eigenvalue weighted by atomic mass is 16.6. The van der Waals surface area contributed by atoms with E-state index in [-0.39, 0.29) is 22.2 Å². The van der Waals surface area contributed by atoms with Crippen LogP contribution in [0.4, 0.5) is 11.5 Å². The predicted octanol–water partition coefficient (Wildman–Crippen LogP) is 3.28. The van der Waals surface area contributed by atoms with Crippen molar-refractivity contribution < 1.29 is 4.92 Å². The molecule has 0 amide bonds. The lowest BCUT2D eigenvalue weighted by Crippen LogP contribution is -2.31. The first-order valence-electron chi connectivity index (χ1n) is 6.21. The molecule has 1 N–H and O–H groups in total. The van der Waals surface area contributed by atoms with Crippen LogP contribution in [0.3, 0.4) is 0 Å². The second-order valence-electron chi connectivity index (χ2n) is 5.44. The van der Waals surface area contributed by atoms with Gasteiger partial charge in [-0.1, -0.05) is 6.92 Å². The van der Waals surface area contributed by atoms with Crippen LogP contribution >= 0.6 is 0 Å². The number of hydrogen-bond donors (Lipinski definition) is 1. The fraction of sp³-hybridized carbons (Fsp3) is 0.750. The Morgan fingerprint density at radius 2 is 2.06 bits per heavy atom. The Hall–Kier alpha value is -1.59. The van der Waals surface area contributed by atoms with Gasteiger partial charge < -0.3 is 5.32 Å². The molecule has 18 heavy (non-hydrogen) atoms. The van der Waals surface area contributed by atoms with Crippen molar-refractivity contribution in [1.82, 2.24) is 9.78 Å². The summed E-state index contributed by atoms with van der Waals surface area (Å²) in [6.45, 7) is 11.7. The van der Waals surface area contributed by atoms with E-state index in [0.29, 0.717) is 11.5 Å². The quantitative estimate of drug-likeness (QED) is 0.646. The lowest BCUT2D eigenvalue weighted by Gasteiger charge is -2.26. The van der Waals surface area contributed by atoms with Crippen molar-refractivity contribution in [3.05, 3.63) is 15.8 Å². The first kappa shape index (κ1) is 14.5. The SMILES string of the molecule is CCC(C)(C)Nc1c([N+](=O)[O-])c(C)nn1C(C)C. The molecule has 0 fully saturated rings. The Morgan fingerprint density at radius 3 is 2.44 bits per heavy atom. The second kappa shape index (κ2) is 4.96. The van der Waals surface area contributed by atoms with Gasteiger partial charge in [-0.25, -0.2) is 4.68 Å². The lowest BCUT2D eigenvalue weighted by molar-refractivity contribution is -0.384. The van der Waals surface area contributed by atoms with Gasteiger partial charge in [-0.3, -0.25) is 10.1 Å². The van der Waals surface area contributed by atoms with E-state index in [1.54, 1.807) is 11.6 Å². The Labute approximate surface area is 108 Å². The number of anilines is 1. The number of rotatable bonds is 5. The van der Waals surface area contributed by atoms with Crippen molar-refractivity contribution in [1.29, 1.82) is 0 Å². The zero-order valence-electron chi connectivity index (χ0n) is 11.9. The van der Waals surface area contributed by atoms with E-state index in [2.05, 4.69) is 10.4 Å². The molecule has 1 aromatic heterocycles. The monoisotopic (exact) mass is 254 g/mol. The van der Waals surface area contributed by atoms with Crippen LogP contribution in [0.15, 0.2) is 0 Å². The normalized spacial score (nSPS) is 11.9. The van der Waals surface area contributed by atoms with Crippen molar-refractivity contribution >= 4 is 11.5 Å². The van der Waals surface area contributed by atoms with Gasteiger partial charge in [0.15, 0.2) is 0 Å². The number of nitro groups is 1. The van der Waals surface area contributed by atoms with Gasteiger partial charge in [0.25, 0.3) is 0 Å². The highest BCUT2D eigenvalue weighted by Crippen LogP contribution is 2.33. The summed E-state index contributed by atoms with van der Waals surface area (Å²) in [5.41, 5.74) is 0.317. The van der Waals surface area contributed by atoms with Crippen molar-refractivity contribution in [2.24, 2.45) is 0 Å². The summed E-state index contributed by atoms with van der Waals surface area (Å²) < 4.78 is 1.69. The number of aromatic nitrogens is 2. The Morgan fingerprint density at radius 1 is 1.50 bits per heavy atom. The zero-order chi connectivity index (χ0) is 14.1. The summed E-state index contributed by atoms with van der Waals surface area (Å²) in [5.74, 6) is 0.499. The molecule has 1 heterocycles. The van der Waals surface area contributed by atoms with Gasteiger partial charge in [-0.2, -0.15) is 5.10 Å². The largest absolute Gasteiger partial charge is 0.360 e. The average molecular weight is 254 g/mol. The molecule has 0 saturated carbocycles. The Kier molecular flexibility index (Phi) is 3.98. The number of nitrogens with one attached hydrogen (secondary N) is 1. The first-order chi connectivity index (χ1) is 8.19. The highest BCUT2D eigenvalue weighted by molar-refractivity contribution is 5.60. The van der Waals surface area contributed by atoms with Crippen LogP contribution in [0.2, 0.25) is 0 Å². The third kappa shape index (κ3) is 2.80. The van der Waals surface area contributed by atoms with Crippen LogP contribution in [0.25, 0.3) is 0 Å². The maximum absolute atomic E-state index is 11.2. The zero-order valence-corrected chi connectivity index (χ0v) is 11.9. The number of nitrogens with zero attached hydrogens (tertiary/aromatic N) is 3. The van der Waals surface area contributed by atoms with Crippen LogP contribution in [-0.2, 0) is 0 Å². The number of aryl methyl sites for hydroxylation is 1. The molecule has 1 rings (SSSR count). The van der Waals surface area contributed by atoms with Gasteiger partial charge in [0.1, 0.15) is 5.69 Å². The molecule has 102 valence electrons. The maximum Gasteiger partial charge on any atom is 0.333 e. The predicted molar refractivity (Wildman–Crippen MR) is 72.0 cm³/mol. The summed E-state index contributed by atoms with van der Waals surface area (Å²) in [6, 6.07) is 0.0764. The summed E-state index contributed by atoms with van der Waals surface area (Å²) >= 11 is 0. The molecule has 0 aliphatic rings. The molecule has 0 bridgehead atoms. The molecule has 0 aliphatic carbocycles. The van der Waals surface area contributed by atoms with Crippen LogP contribution in [0, 0.1) is 17.0 Å². The molecule has 6 nitrogen and oxygen atoms in total. The molecule has 1 aromatic rings. The third-order valence-corrected chi connectivity index (χ3v) is 3.07. The van der Waals surface area contributed by atoms with E-state index < -0.39 is 0 Å². The van der Waals surface area contributed by atoms with Crippen molar-refractivity contribution in [2.75, 3.05) is 5.32 Å². The van der Waals surface area contributed by atoms with Crippen molar-refractivity contribution in [3.8, 4) is 0 Å². The Balaban J connectivity index is 3.33.